The van der Waals surface area contributed by atoms with Gasteiger partial charge in [0.2, 0.25) is 0 Å². The summed E-state index contributed by atoms with van der Waals surface area (Å²) < 4.78 is 46.1. The molecule has 3 rings (SSSR count). The maximum absolute atomic E-state index is 16.3. The van der Waals surface area contributed by atoms with Gasteiger partial charge in [0.25, 0.3) is 6.43 Å². The van der Waals surface area contributed by atoms with Crippen molar-refractivity contribution in [3.05, 3.63) is 17.4 Å². The van der Waals surface area contributed by atoms with Crippen molar-refractivity contribution in [1.82, 2.24) is 20.3 Å². The third-order valence-electron chi connectivity index (χ3n) is 7.26. The first-order chi connectivity index (χ1) is 18.0. The Labute approximate surface area is 235 Å². The maximum atomic E-state index is 16.3. The van der Waals surface area contributed by atoms with Gasteiger partial charge in [-0.2, -0.15) is 0 Å². The number of benzene rings is 1. The van der Waals surface area contributed by atoms with E-state index in [0.717, 1.165) is 30.2 Å². The molecule has 0 amide bonds. The highest BCUT2D eigenvalue weighted by Crippen LogP contribution is 2.45. The van der Waals surface area contributed by atoms with E-state index in [1.807, 2.05) is 13.8 Å². The van der Waals surface area contributed by atoms with Gasteiger partial charge in [0.05, 0.1) is 27.7 Å². The lowest BCUT2D eigenvalue weighted by molar-refractivity contribution is 0.169. The molecule has 3 unspecified atom stereocenters. The molecule has 1 saturated carbocycles. The van der Waals surface area contributed by atoms with Crippen LogP contribution >= 0.6 is 23.7 Å². The van der Waals surface area contributed by atoms with E-state index in [9.17, 15) is 8.78 Å². The molecule has 1 heterocycles. The van der Waals surface area contributed by atoms with Gasteiger partial charge in [-0.25, -0.2) is 13.2 Å². The molecule has 4 atom stereocenters. The summed E-state index contributed by atoms with van der Waals surface area (Å²) in [6, 6.07) is 1.79. The van der Waals surface area contributed by atoms with Gasteiger partial charge in [-0.1, -0.05) is 25.6 Å². The number of halogens is 3. The molecule has 2 fully saturated rings. The standard InChI is InChI=1S/C24H40F3N7S2.C2H6/c1-13-11-34(12-14(2)33(13)7)20-17(25)16(36-32-24(3)8-9-24)10-15(18(20)29-4)19(30-5)23(31-6)35-22(28)21(26)27;1-2/h10,13-14,19,21,23,28-32H,8-9,11-12H2,1-7H3;1-2H3/t13-,14?,19?,23?;/m0./s1. The molecular weight excluding hydrogens is 531 g/mol. The van der Waals surface area contributed by atoms with E-state index in [1.54, 1.807) is 27.2 Å². The summed E-state index contributed by atoms with van der Waals surface area (Å²) in [5, 5.41) is 16.0. The Hall–Kier alpha value is -1.18. The number of nitrogens with zero attached hydrogens (tertiary/aromatic N) is 2. The Bertz CT molecular complexity index is 921. The number of thioether (sulfide) groups is 1. The second-order valence-corrected chi connectivity index (χ2v) is 12.1. The van der Waals surface area contributed by atoms with Crippen LogP contribution in [-0.4, -0.2) is 80.6 Å². The Morgan fingerprint density at radius 2 is 1.68 bits per heavy atom. The summed E-state index contributed by atoms with van der Waals surface area (Å²) >= 11 is 2.06. The molecule has 1 aliphatic carbocycles. The highest BCUT2D eigenvalue weighted by Gasteiger charge is 2.39. The summed E-state index contributed by atoms with van der Waals surface area (Å²) in [6.45, 7) is 11.7. The minimum absolute atomic E-state index is 0.00586. The van der Waals surface area contributed by atoms with Crippen LogP contribution < -0.4 is 25.6 Å². The van der Waals surface area contributed by atoms with Gasteiger partial charge < -0.3 is 20.9 Å². The molecule has 0 radical (unpaired) electrons. The van der Waals surface area contributed by atoms with E-state index in [2.05, 4.69) is 58.3 Å². The number of nitrogens with one attached hydrogen (secondary N) is 5. The number of hydrogen-bond acceptors (Lipinski definition) is 9. The first-order valence-electron chi connectivity index (χ1n) is 13.3. The normalized spacial score (nSPS) is 22.5. The lowest BCUT2D eigenvalue weighted by Crippen LogP contribution is -2.55. The summed E-state index contributed by atoms with van der Waals surface area (Å²) in [6.07, 6.45) is -0.771. The smallest absolute Gasteiger partial charge is 0.285 e. The highest BCUT2D eigenvalue weighted by molar-refractivity contribution is 8.14. The van der Waals surface area contributed by atoms with Gasteiger partial charge in [-0.15, -0.1) is 0 Å². The second-order valence-electron chi connectivity index (χ2n) is 10.0. The fraction of sp³-hybridized carbons (Fsp3) is 0.731. The average molecular weight is 578 g/mol. The fourth-order valence-electron chi connectivity index (χ4n) is 4.53. The van der Waals surface area contributed by atoms with Crippen molar-refractivity contribution in [2.75, 3.05) is 51.5 Å². The van der Waals surface area contributed by atoms with Crippen molar-refractivity contribution in [2.24, 2.45) is 0 Å². The topological polar surface area (TPSA) is 78.4 Å². The lowest BCUT2D eigenvalue weighted by Gasteiger charge is -2.44. The number of alkyl halides is 2. The van der Waals surface area contributed by atoms with Crippen LogP contribution in [0.5, 0.6) is 0 Å². The lowest BCUT2D eigenvalue weighted by atomic mass is 10.00. The fourth-order valence-corrected chi connectivity index (χ4v) is 6.37. The van der Waals surface area contributed by atoms with Crippen LogP contribution in [0.3, 0.4) is 0 Å². The van der Waals surface area contributed by atoms with E-state index in [-0.39, 0.29) is 23.4 Å². The summed E-state index contributed by atoms with van der Waals surface area (Å²) in [7, 11) is 7.28. The van der Waals surface area contributed by atoms with Gasteiger partial charge >= 0.3 is 0 Å². The SMILES string of the molecule is CC.CNc1c(C(NC)C(NC)SC(=N)C(F)F)cc(SNC2(C)CC2)c(F)c1N1CC(C)N(C)[C@@H](C)C1. The van der Waals surface area contributed by atoms with E-state index in [4.69, 9.17) is 5.41 Å². The van der Waals surface area contributed by atoms with Crippen molar-refractivity contribution in [1.29, 1.82) is 5.41 Å². The highest BCUT2D eigenvalue weighted by atomic mass is 32.2. The zero-order valence-corrected chi connectivity index (χ0v) is 25.8. The molecule has 1 aromatic rings. The molecule has 1 saturated heterocycles. The number of piperazine rings is 1. The predicted molar refractivity (Wildman–Crippen MR) is 159 cm³/mol. The summed E-state index contributed by atoms with van der Waals surface area (Å²) in [5.74, 6) is -0.294. The zero-order valence-electron chi connectivity index (χ0n) is 24.1. The van der Waals surface area contributed by atoms with Crippen molar-refractivity contribution in [3.63, 3.8) is 0 Å². The van der Waals surface area contributed by atoms with Crippen LogP contribution in [0, 0.1) is 11.2 Å². The molecule has 2 aliphatic rings. The zero-order chi connectivity index (χ0) is 28.8. The molecule has 7 nitrogen and oxygen atoms in total. The quantitative estimate of drug-likeness (QED) is 0.104. The van der Waals surface area contributed by atoms with Gasteiger partial charge in [-0.05, 0) is 78.3 Å². The van der Waals surface area contributed by atoms with Crippen LogP contribution in [0.15, 0.2) is 11.0 Å². The van der Waals surface area contributed by atoms with E-state index in [1.165, 1.54) is 11.9 Å². The number of rotatable bonds is 11. The molecule has 0 bridgehead atoms. The summed E-state index contributed by atoms with van der Waals surface area (Å²) in [4.78, 5) is 4.86. The van der Waals surface area contributed by atoms with E-state index in [0.29, 0.717) is 29.4 Å². The third-order valence-corrected chi connectivity index (χ3v) is 9.56. The second kappa shape index (κ2) is 14.5. The Morgan fingerprint density at radius 1 is 1.11 bits per heavy atom. The van der Waals surface area contributed by atoms with Crippen LogP contribution in [0.1, 0.15) is 59.1 Å². The number of likely N-dealkylation sites (N-methyl/N-ethyl adjacent to an activating group) is 3. The molecular formula is C26H46F3N7S2. The largest absolute Gasteiger partial charge is 0.386 e. The first kappa shape index (κ1) is 33.0. The Morgan fingerprint density at radius 3 is 2.13 bits per heavy atom. The van der Waals surface area contributed by atoms with Crippen LogP contribution in [0.25, 0.3) is 0 Å². The molecule has 38 heavy (non-hydrogen) atoms. The maximum Gasteiger partial charge on any atom is 0.285 e. The molecule has 1 aromatic carbocycles. The van der Waals surface area contributed by atoms with Crippen molar-refractivity contribution in [2.45, 2.75) is 87.8 Å². The summed E-state index contributed by atoms with van der Waals surface area (Å²) in [5.41, 5.74) is 1.88. The minimum atomic E-state index is -2.85. The Kier molecular flexibility index (Phi) is 12.6. The Balaban J connectivity index is 0.00000247. The molecule has 0 spiro atoms. The van der Waals surface area contributed by atoms with Gasteiger partial charge in [0.15, 0.2) is 5.82 Å². The molecule has 1 aliphatic heterocycles. The first-order valence-corrected chi connectivity index (χ1v) is 15.0. The number of anilines is 2. The van der Waals surface area contributed by atoms with Gasteiger partial charge in [0.1, 0.15) is 5.04 Å². The van der Waals surface area contributed by atoms with E-state index >= 15 is 4.39 Å². The monoisotopic (exact) mass is 577 g/mol. The van der Waals surface area contributed by atoms with Crippen LogP contribution in [-0.2, 0) is 0 Å². The van der Waals surface area contributed by atoms with Gasteiger partial charge in [-0.3, -0.25) is 15.0 Å². The number of hydrogen-bond donors (Lipinski definition) is 5. The molecule has 12 heteroatoms. The molecule has 218 valence electrons. The molecule has 5 N–H and O–H groups in total. The van der Waals surface area contributed by atoms with Gasteiger partial charge in [0, 0.05) is 37.8 Å². The van der Waals surface area contributed by atoms with Crippen molar-refractivity contribution >= 4 is 40.1 Å². The van der Waals surface area contributed by atoms with Crippen LogP contribution in [0.4, 0.5) is 24.5 Å². The third kappa shape index (κ3) is 7.72. The predicted octanol–water partition coefficient (Wildman–Crippen LogP) is 5.35. The van der Waals surface area contributed by atoms with Crippen molar-refractivity contribution in [3.8, 4) is 0 Å². The van der Waals surface area contributed by atoms with E-state index < -0.39 is 22.9 Å². The minimum Gasteiger partial charge on any atom is -0.386 e. The average Bonchev–Trinajstić information content (AvgIpc) is 3.64. The van der Waals surface area contributed by atoms with Crippen LogP contribution in [0.2, 0.25) is 0 Å². The van der Waals surface area contributed by atoms with Crippen molar-refractivity contribution < 1.29 is 13.2 Å². The molecule has 0 aromatic heterocycles.